The Balaban J connectivity index is 1.72. The topological polar surface area (TPSA) is 96.0 Å². The molecule has 3 aromatic carbocycles. The summed E-state index contributed by atoms with van der Waals surface area (Å²) in [4.78, 5) is 53.8. The number of rotatable bonds is 5. The maximum Gasteiger partial charge on any atom is 0.276 e. The van der Waals surface area contributed by atoms with Crippen molar-refractivity contribution in [2.45, 2.75) is 19.4 Å². The van der Waals surface area contributed by atoms with Crippen LogP contribution in [0.1, 0.15) is 32.7 Å². The van der Waals surface area contributed by atoms with Crippen LogP contribution < -0.4 is 15.1 Å². The van der Waals surface area contributed by atoms with Gasteiger partial charge in [-0.05, 0) is 49.4 Å². The molecule has 8 nitrogen and oxygen atoms in total. The molecule has 1 aliphatic heterocycles. The van der Waals surface area contributed by atoms with Crippen molar-refractivity contribution in [2.24, 2.45) is 0 Å². The third kappa shape index (κ3) is 4.78. The summed E-state index contributed by atoms with van der Waals surface area (Å²) in [6, 6.07) is 15.0. The van der Waals surface area contributed by atoms with Gasteiger partial charge in [0.25, 0.3) is 17.7 Å². The number of nitrogens with zero attached hydrogens (tertiary/aromatic N) is 2. The zero-order valence-electron chi connectivity index (χ0n) is 19.3. The van der Waals surface area contributed by atoms with E-state index >= 15 is 0 Å². The highest BCUT2D eigenvalue weighted by molar-refractivity contribution is 6.31. The van der Waals surface area contributed by atoms with E-state index in [1.165, 1.54) is 19.2 Å². The molecule has 36 heavy (non-hydrogen) atoms. The highest BCUT2D eigenvalue weighted by Gasteiger charge is 2.46. The van der Waals surface area contributed by atoms with Gasteiger partial charge in [0.15, 0.2) is 0 Å². The van der Waals surface area contributed by atoms with E-state index in [2.05, 4.69) is 5.43 Å². The van der Waals surface area contributed by atoms with Crippen LogP contribution in [-0.4, -0.2) is 41.8 Å². The minimum absolute atomic E-state index is 0.0496. The molecule has 4 rings (SSSR count). The maximum atomic E-state index is 13.7. The lowest BCUT2D eigenvalue weighted by molar-refractivity contribution is -0.122. The average Bonchev–Trinajstić information content (AvgIpc) is 3.17. The Bertz CT molecular complexity index is 1380. The van der Waals surface area contributed by atoms with Crippen LogP contribution in [0.4, 0.5) is 10.1 Å². The number of imide groups is 1. The molecule has 10 heteroatoms. The molecule has 184 valence electrons. The first-order chi connectivity index (χ1) is 17.2. The van der Waals surface area contributed by atoms with Crippen LogP contribution in [0.2, 0.25) is 5.02 Å². The van der Waals surface area contributed by atoms with Crippen molar-refractivity contribution in [1.29, 1.82) is 0 Å². The summed E-state index contributed by atoms with van der Waals surface area (Å²) in [5.74, 6) is -3.32. The molecule has 1 fully saturated rings. The number of ether oxygens (including phenoxy) is 1. The third-order valence-electron chi connectivity index (χ3n) is 5.65. The van der Waals surface area contributed by atoms with Crippen molar-refractivity contribution in [2.75, 3.05) is 12.0 Å². The minimum Gasteiger partial charge on any atom is -0.496 e. The predicted molar refractivity (Wildman–Crippen MR) is 130 cm³/mol. The Morgan fingerprint density at radius 3 is 2.53 bits per heavy atom. The van der Waals surface area contributed by atoms with Gasteiger partial charge in [0.2, 0.25) is 5.91 Å². The Labute approximate surface area is 211 Å². The van der Waals surface area contributed by atoms with Crippen molar-refractivity contribution < 1.29 is 28.3 Å². The highest BCUT2D eigenvalue weighted by Crippen LogP contribution is 2.30. The van der Waals surface area contributed by atoms with Crippen molar-refractivity contribution in [1.82, 2.24) is 10.4 Å². The van der Waals surface area contributed by atoms with Crippen molar-refractivity contribution in [3.63, 3.8) is 0 Å². The number of carbonyl (C=O) groups is 4. The normalized spacial score (nSPS) is 15.1. The number of halogens is 2. The highest BCUT2D eigenvalue weighted by atomic mass is 35.5. The summed E-state index contributed by atoms with van der Waals surface area (Å²) in [5.41, 5.74) is 3.70. The van der Waals surface area contributed by atoms with Crippen LogP contribution in [0.3, 0.4) is 0 Å². The number of carbonyl (C=O) groups excluding carboxylic acids is 4. The number of aryl methyl sites for hydroxylation is 1. The van der Waals surface area contributed by atoms with E-state index in [-0.39, 0.29) is 27.6 Å². The molecule has 0 spiro atoms. The third-order valence-corrected chi connectivity index (χ3v) is 5.94. The molecule has 0 aliphatic carbocycles. The van der Waals surface area contributed by atoms with Crippen molar-refractivity contribution >= 4 is 40.9 Å². The van der Waals surface area contributed by atoms with E-state index in [4.69, 9.17) is 16.3 Å². The second kappa shape index (κ2) is 10.2. The SMILES string of the molecule is COc1ccccc1C(=O)N(NC(=O)c1cccc(C)c1)C1CC(=O)N(c2ccc(F)c(Cl)c2)C1=O. The predicted octanol–water partition coefficient (Wildman–Crippen LogP) is 3.92. The summed E-state index contributed by atoms with van der Waals surface area (Å²) >= 11 is 5.84. The quantitative estimate of drug-likeness (QED) is 0.415. The lowest BCUT2D eigenvalue weighted by Gasteiger charge is -2.28. The number of anilines is 1. The van der Waals surface area contributed by atoms with Gasteiger partial charge in [0.05, 0.1) is 29.8 Å². The zero-order chi connectivity index (χ0) is 26.0. The van der Waals surface area contributed by atoms with Crippen LogP contribution in [-0.2, 0) is 9.59 Å². The zero-order valence-corrected chi connectivity index (χ0v) is 20.1. The molecular weight excluding hydrogens is 489 g/mol. The van der Waals surface area contributed by atoms with Crippen LogP contribution in [0.5, 0.6) is 5.75 Å². The standard InChI is InChI=1S/C26H21ClFN3O5/c1-15-6-5-7-16(12-15)24(33)29-31(25(34)18-8-3-4-9-22(18)36-2)21-14-23(32)30(26(21)35)17-10-11-20(28)19(27)13-17/h3-13,21H,14H2,1-2H3,(H,29,33). The molecule has 0 radical (unpaired) electrons. The Kier molecular flexibility index (Phi) is 7.03. The van der Waals surface area contributed by atoms with Crippen LogP contribution in [0.25, 0.3) is 0 Å². The fourth-order valence-corrected chi connectivity index (χ4v) is 4.07. The summed E-state index contributed by atoms with van der Waals surface area (Å²) < 4.78 is 18.9. The van der Waals surface area contributed by atoms with E-state index in [1.807, 2.05) is 0 Å². The van der Waals surface area contributed by atoms with Gasteiger partial charge in [-0.3, -0.25) is 24.6 Å². The number of amides is 4. The summed E-state index contributed by atoms with van der Waals surface area (Å²) in [6.07, 6.45) is -0.414. The molecular formula is C26H21ClFN3O5. The van der Waals surface area contributed by atoms with Gasteiger partial charge >= 0.3 is 0 Å². The molecule has 3 aromatic rings. The molecule has 1 N–H and O–H groups in total. The van der Waals surface area contributed by atoms with Crippen molar-refractivity contribution in [3.8, 4) is 5.75 Å². The summed E-state index contributed by atoms with van der Waals surface area (Å²) in [5, 5.41) is 0.569. The molecule has 1 atom stereocenters. The van der Waals surface area contributed by atoms with Crippen molar-refractivity contribution in [3.05, 3.63) is 94.3 Å². The Morgan fingerprint density at radius 2 is 1.83 bits per heavy atom. The van der Waals surface area contributed by atoms with Gasteiger partial charge in [0.1, 0.15) is 17.6 Å². The summed E-state index contributed by atoms with van der Waals surface area (Å²) in [6.45, 7) is 1.80. The number of methoxy groups -OCH3 is 1. The van der Waals surface area contributed by atoms with Gasteiger partial charge in [-0.2, -0.15) is 0 Å². The number of hydrogen-bond acceptors (Lipinski definition) is 5. The fraction of sp³-hybridized carbons (Fsp3) is 0.154. The molecule has 0 bridgehead atoms. The number of benzene rings is 3. The average molecular weight is 510 g/mol. The maximum absolute atomic E-state index is 13.7. The number of hydrazine groups is 1. The van der Waals surface area contributed by atoms with E-state index in [9.17, 15) is 23.6 Å². The van der Waals surface area contributed by atoms with Crippen LogP contribution in [0, 0.1) is 12.7 Å². The monoisotopic (exact) mass is 509 g/mol. The van der Waals surface area contributed by atoms with E-state index in [0.29, 0.717) is 0 Å². The van der Waals surface area contributed by atoms with Gasteiger partial charge in [-0.15, -0.1) is 0 Å². The molecule has 1 heterocycles. The largest absolute Gasteiger partial charge is 0.496 e. The van der Waals surface area contributed by atoms with Gasteiger partial charge in [-0.25, -0.2) is 14.3 Å². The van der Waals surface area contributed by atoms with E-state index in [0.717, 1.165) is 27.6 Å². The fourth-order valence-electron chi connectivity index (χ4n) is 3.89. The Morgan fingerprint density at radius 1 is 1.08 bits per heavy atom. The van der Waals surface area contributed by atoms with Gasteiger partial charge in [0, 0.05) is 5.56 Å². The second-order valence-electron chi connectivity index (χ2n) is 8.07. The number of para-hydroxylation sites is 1. The smallest absolute Gasteiger partial charge is 0.276 e. The summed E-state index contributed by atoms with van der Waals surface area (Å²) in [7, 11) is 1.38. The molecule has 1 saturated heterocycles. The second-order valence-corrected chi connectivity index (χ2v) is 8.48. The molecule has 1 aliphatic rings. The van der Waals surface area contributed by atoms with Crippen LogP contribution >= 0.6 is 11.6 Å². The molecule has 0 aromatic heterocycles. The molecule has 1 unspecified atom stereocenters. The number of nitrogens with one attached hydrogen (secondary N) is 1. The lowest BCUT2D eigenvalue weighted by Crippen LogP contribution is -2.54. The Hall–Kier alpha value is -4.24. The van der Waals surface area contributed by atoms with Gasteiger partial charge < -0.3 is 4.74 Å². The first-order valence-corrected chi connectivity index (χ1v) is 11.2. The van der Waals surface area contributed by atoms with Gasteiger partial charge in [-0.1, -0.05) is 41.4 Å². The van der Waals surface area contributed by atoms with E-state index in [1.54, 1.807) is 49.4 Å². The van der Waals surface area contributed by atoms with Crippen LogP contribution in [0.15, 0.2) is 66.7 Å². The van der Waals surface area contributed by atoms with E-state index < -0.39 is 41.9 Å². The number of hydrogen-bond donors (Lipinski definition) is 1. The minimum atomic E-state index is -1.37. The lowest BCUT2D eigenvalue weighted by atomic mass is 10.1. The first-order valence-electron chi connectivity index (χ1n) is 10.9. The first kappa shape index (κ1) is 24.9. The molecule has 0 saturated carbocycles. The molecule has 4 amide bonds.